The average Bonchev–Trinajstić information content (AvgIpc) is 2.45. The summed E-state index contributed by atoms with van der Waals surface area (Å²) in [6.45, 7) is 4.43. The molecule has 6 nitrogen and oxygen atoms in total. The van der Waals surface area contributed by atoms with Gasteiger partial charge in [-0.1, -0.05) is 13.0 Å². The van der Waals surface area contributed by atoms with Crippen molar-refractivity contribution in [3.63, 3.8) is 0 Å². The van der Waals surface area contributed by atoms with Gasteiger partial charge >= 0.3 is 5.97 Å². The number of carbonyl (C=O) groups is 1. The molecule has 0 saturated carbocycles. The van der Waals surface area contributed by atoms with Gasteiger partial charge in [0, 0.05) is 24.5 Å². The van der Waals surface area contributed by atoms with Crippen LogP contribution in [0, 0.1) is 6.92 Å². The van der Waals surface area contributed by atoms with Gasteiger partial charge in [0.05, 0.1) is 0 Å². The highest BCUT2D eigenvalue weighted by atomic mass is 16.4. The van der Waals surface area contributed by atoms with Crippen LogP contribution in [-0.4, -0.2) is 26.0 Å². The largest absolute Gasteiger partial charge is 0.477 e. The van der Waals surface area contributed by atoms with Crippen LogP contribution in [0.25, 0.3) is 0 Å². The van der Waals surface area contributed by atoms with E-state index in [0.717, 1.165) is 29.3 Å². The van der Waals surface area contributed by atoms with E-state index in [1.165, 1.54) is 6.07 Å². The van der Waals surface area contributed by atoms with Crippen molar-refractivity contribution in [2.45, 2.75) is 26.8 Å². The minimum atomic E-state index is -1.02. The van der Waals surface area contributed by atoms with E-state index in [1.807, 2.05) is 19.9 Å². The Morgan fingerprint density at radius 3 is 2.75 bits per heavy atom. The molecule has 104 valence electrons. The molecule has 0 saturated heterocycles. The van der Waals surface area contributed by atoms with Gasteiger partial charge in [0.25, 0.3) is 0 Å². The lowest BCUT2D eigenvalue weighted by atomic mass is 10.2. The fraction of sp³-hybridized carbons (Fsp3) is 0.286. The summed E-state index contributed by atoms with van der Waals surface area (Å²) in [7, 11) is 0. The summed E-state index contributed by atoms with van der Waals surface area (Å²) in [5.74, 6) is 0.464. The molecule has 2 N–H and O–H groups in total. The van der Waals surface area contributed by atoms with E-state index in [9.17, 15) is 4.79 Å². The number of rotatable bonds is 5. The number of carboxylic acids is 1. The molecule has 0 aliphatic heterocycles. The number of anilines is 1. The predicted octanol–water partition coefficient (Wildman–Crippen LogP) is 2.05. The van der Waals surface area contributed by atoms with E-state index in [1.54, 1.807) is 12.3 Å². The van der Waals surface area contributed by atoms with Crippen molar-refractivity contribution < 1.29 is 9.90 Å². The van der Waals surface area contributed by atoms with E-state index < -0.39 is 5.97 Å². The maximum atomic E-state index is 10.7. The monoisotopic (exact) mass is 272 g/mol. The summed E-state index contributed by atoms with van der Waals surface area (Å²) in [6.07, 6.45) is 2.40. The third-order valence-electron chi connectivity index (χ3n) is 2.77. The number of aryl methyl sites for hydroxylation is 2. The van der Waals surface area contributed by atoms with Crippen LogP contribution >= 0.6 is 0 Å². The van der Waals surface area contributed by atoms with Crippen molar-refractivity contribution in [2.75, 3.05) is 5.32 Å². The summed E-state index contributed by atoms with van der Waals surface area (Å²) in [5.41, 5.74) is 1.92. The normalized spacial score (nSPS) is 10.3. The molecular weight excluding hydrogens is 256 g/mol. The van der Waals surface area contributed by atoms with E-state index >= 15 is 0 Å². The zero-order chi connectivity index (χ0) is 14.5. The zero-order valence-corrected chi connectivity index (χ0v) is 11.4. The van der Waals surface area contributed by atoms with Crippen LogP contribution in [0.2, 0.25) is 0 Å². The second-order valence-corrected chi connectivity index (χ2v) is 4.36. The third kappa shape index (κ3) is 3.50. The van der Waals surface area contributed by atoms with Gasteiger partial charge in [-0.2, -0.15) is 0 Å². The number of aromatic nitrogens is 3. The smallest absolute Gasteiger partial charge is 0.354 e. The summed E-state index contributed by atoms with van der Waals surface area (Å²) in [5, 5.41) is 12.0. The van der Waals surface area contributed by atoms with Crippen molar-refractivity contribution in [1.82, 2.24) is 15.0 Å². The van der Waals surface area contributed by atoms with Crippen molar-refractivity contribution in [2.24, 2.45) is 0 Å². The Morgan fingerprint density at radius 2 is 2.15 bits per heavy atom. The standard InChI is InChI=1S/C14H16N4O2/c1-3-11-6-13(18-9(2)17-11)16-8-10-4-5-12(14(19)20)15-7-10/h4-7H,3,8H2,1-2H3,(H,19,20)(H,16,17,18). The highest BCUT2D eigenvalue weighted by molar-refractivity contribution is 5.85. The quantitative estimate of drug-likeness (QED) is 0.866. The van der Waals surface area contributed by atoms with E-state index in [4.69, 9.17) is 5.11 Å². The Balaban J connectivity index is 2.04. The van der Waals surface area contributed by atoms with Gasteiger partial charge < -0.3 is 10.4 Å². The van der Waals surface area contributed by atoms with Gasteiger partial charge in [-0.15, -0.1) is 0 Å². The van der Waals surface area contributed by atoms with E-state index in [0.29, 0.717) is 6.54 Å². The fourth-order valence-corrected chi connectivity index (χ4v) is 1.75. The lowest BCUT2D eigenvalue weighted by molar-refractivity contribution is 0.0690. The number of hydrogen-bond acceptors (Lipinski definition) is 5. The van der Waals surface area contributed by atoms with E-state index in [-0.39, 0.29) is 5.69 Å². The first-order valence-corrected chi connectivity index (χ1v) is 6.35. The minimum absolute atomic E-state index is 0.0416. The first kappa shape index (κ1) is 13.9. The highest BCUT2D eigenvalue weighted by Crippen LogP contribution is 2.09. The number of aromatic carboxylic acids is 1. The zero-order valence-electron chi connectivity index (χ0n) is 11.4. The first-order valence-electron chi connectivity index (χ1n) is 6.35. The molecule has 0 unspecified atom stereocenters. The highest BCUT2D eigenvalue weighted by Gasteiger charge is 2.04. The summed E-state index contributed by atoms with van der Waals surface area (Å²) in [4.78, 5) is 23.2. The molecule has 20 heavy (non-hydrogen) atoms. The molecule has 2 aromatic rings. The molecule has 0 bridgehead atoms. The van der Waals surface area contributed by atoms with Crippen molar-refractivity contribution in [3.05, 3.63) is 47.2 Å². The molecule has 2 heterocycles. The number of nitrogens with one attached hydrogen (secondary N) is 1. The molecular formula is C14H16N4O2. The molecule has 0 aromatic carbocycles. The van der Waals surface area contributed by atoms with Crippen LogP contribution < -0.4 is 5.32 Å². The van der Waals surface area contributed by atoms with Gasteiger partial charge in [0.15, 0.2) is 0 Å². The molecule has 0 aliphatic carbocycles. The topological polar surface area (TPSA) is 88.0 Å². The number of nitrogens with zero attached hydrogens (tertiary/aromatic N) is 3. The van der Waals surface area contributed by atoms with Crippen LogP contribution in [0.1, 0.15) is 34.5 Å². The van der Waals surface area contributed by atoms with Crippen molar-refractivity contribution in [1.29, 1.82) is 0 Å². The van der Waals surface area contributed by atoms with Crippen LogP contribution in [0.5, 0.6) is 0 Å². The molecule has 0 spiro atoms. The second-order valence-electron chi connectivity index (χ2n) is 4.36. The van der Waals surface area contributed by atoms with Gasteiger partial charge in [-0.3, -0.25) is 0 Å². The third-order valence-corrected chi connectivity index (χ3v) is 2.77. The molecule has 2 aromatic heterocycles. The summed E-state index contributed by atoms with van der Waals surface area (Å²) in [6, 6.07) is 5.13. The van der Waals surface area contributed by atoms with Crippen molar-refractivity contribution in [3.8, 4) is 0 Å². The van der Waals surface area contributed by atoms with Gasteiger partial charge in [0.2, 0.25) is 0 Å². The SMILES string of the molecule is CCc1cc(NCc2ccc(C(=O)O)nc2)nc(C)n1. The Labute approximate surface area is 116 Å². The summed E-state index contributed by atoms with van der Waals surface area (Å²) >= 11 is 0. The number of hydrogen-bond donors (Lipinski definition) is 2. The van der Waals surface area contributed by atoms with Crippen molar-refractivity contribution >= 4 is 11.8 Å². The minimum Gasteiger partial charge on any atom is -0.477 e. The molecule has 6 heteroatoms. The Morgan fingerprint density at radius 1 is 1.35 bits per heavy atom. The number of pyridine rings is 1. The average molecular weight is 272 g/mol. The molecule has 0 atom stereocenters. The van der Waals surface area contributed by atoms with Crippen LogP contribution in [0.4, 0.5) is 5.82 Å². The van der Waals surface area contributed by atoms with Crippen LogP contribution in [0.3, 0.4) is 0 Å². The molecule has 0 radical (unpaired) electrons. The Kier molecular flexibility index (Phi) is 4.24. The summed E-state index contributed by atoms with van der Waals surface area (Å²) < 4.78 is 0. The van der Waals surface area contributed by atoms with Crippen LogP contribution in [-0.2, 0) is 13.0 Å². The predicted molar refractivity (Wildman–Crippen MR) is 74.7 cm³/mol. The molecule has 0 fully saturated rings. The maximum Gasteiger partial charge on any atom is 0.354 e. The molecule has 2 rings (SSSR count). The Bertz CT molecular complexity index is 611. The lowest BCUT2D eigenvalue weighted by Gasteiger charge is -2.08. The maximum absolute atomic E-state index is 10.7. The number of carboxylic acid groups (broad SMARTS) is 1. The lowest BCUT2D eigenvalue weighted by Crippen LogP contribution is -2.06. The molecule has 0 aliphatic rings. The van der Waals surface area contributed by atoms with Crippen LogP contribution in [0.15, 0.2) is 24.4 Å². The molecule has 0 amide bonds. The van der Waals surface area contributed by atoms with Gasteiger partial charge in [-0.05, 0) is 25.0 Å². The Hall–Kier alpha value is -2.50. The second kappa shape index (κ2) is 6.10. The fourth-order valence-electron chi connectivity index (χ4n) is 1.75. The first-order chi connectivity index (χ1) is 9.58. The van der Waals surface area contributed by atoms with E-state index in [2.05, 4.69) is 20.3 Å². The van der Waals surface area contributed by atoms with Gasteiger partial charge in [-0.25, -0.2) is 19.7 Å². The van der Waals surface area contributed by atoms with Gasteiger partial charge in [0.1, 0.15) is 17.3 Å².